The summed E-state index contributed by atoms with van der Waals surface area (Å²) in [7, 11) is 1.66. The number of aromatic nitrogens is 4. The number of hydrogen-bond acceptors (Lipinski definition) is 11. The van der Waals surface area contributed by atoms with Crippen molar-refractivity contribution in [1.29, 1.82) is 0 Å². The molecule has 0 radical (unpaired) electrons. The number of β-lactam (4-membered cyclic amide) rings is 1. The van der Waals surface area contributed by atoms with E-state index >= 15 is 0 Å². The minimum Gasteiger partial charge on any atom is -0.549 e. The smallest absolute Gasteiger partial charge is 0.549 e. The fourth-order valence-electron chi connectivity index (χ4n) is 3.33. The van der Waals surface area contributed by atoms with Crippen LogP contribution in [-0.4, -0.2) is 76.9 Å². The van der Waals surface area contributed by atoms with Gasteiger partial charge in [-0.1, -0.05) is 17.8 Å². The van der Waals surface area contributed by atoms with Gasteiger partial charge in [-0.3, -0.25) is 14.5 Å². The van der Waals surface area contributed by atoms with Crippen LogP contribution in [0.3, 0.4) is 0 Å². The predicted octanol–water partition coefficient (Wildman–Crippen LogP) is -4.36. The van der Waals surface area contributed by atoms with Gasteiger partial charge in [0.15, 0.2) is 0 Å². The number of hydrogen-bond donors (Lipinski definition) is 2. The number of thiophene rings is 1. The van der Waals surface area contributed by atoms with Gasteiger partial charge in [-0.15, -0.1) is 28.2 Å². The summed E-state index contributed by atoms with van der Waals surface area (Å²) < 4.78 is 1.45. The van der Waals surface area contributed by atoms with Crippen molar-refractivity contribution in [3.63, 3.8) is 0 Å². The number of carbonyl (C=O) groups is 4. The van der Waals surface area contributed by atoms with Gasteiger partial charge in [-0.25, -0.2) is 9.48 Å². The normalized spacial score (nSPS) is 20.4. The Hall–Kier alpha value is -1.91. The third-order valence-corrected chi connectivity index (χ3v) is 8.20. The van der Waals surface area contributed by atoms with Crippen LogP contribution in [-0.2, 0) is 26.2 Å². The molecule has 2 aliphatic rings. The maximum atomic E-state index is 12.8. The minimum atomic E-state index is -1.58. The van der Waals surface area contributed by atoms with Gasteiger partial charge in [0.1, 0.15) is 23.0 Å². The summed E-state index contributed by atoms with van der Waals surface area (Å²) in [6.45, 7) is 0. The number of fused-ring (bicyclic) bond motifs is 1. The zero-order chi connectivity index (χ0) is 23.0. The molecule has 3 atom stereocenters. The van der Waals surface area contributed by atoms with E-state index in [4.69, 9.17) is 0 Å². The van der Waals surface area contributed by atoms with Crippen molar-refractivity contribution in [2.45, 2.75) is 22.5 Å². The van der Waals surface area contributed by atoms with Crippen LogP contribution in [0.4, 0.5) is 0 Å². The topological polar surface area (TPSA) is 170 Å². The van der Waals surface area contributed by atoms with Crippen molar-refractivity contribution >= 4 is 58.6 Å². The third-order valence-electron chi connectivity index (χ3n) is 4.83. The quantitative estimate of drug-likeness (QED) is 0.150. The van der Waals surface area contributed by atoms with Gasteiger partial charge in [0.25, 0.3) is 5.91 Å². The number of aryl methyl sites for hydroxylation is 1. The van der Waals surface area contributed by atoms with Crippen molar-refractivity contribution in [1.82, 2.24) is 30.4 Å². The predicted molar refractivity (Wildman–Crippen MR) is 111 cm³/mol. The number of carbonyl (C=O) groups excluding carboxylic acids is 3. The number of carboxylic acids is 2. The molecule has 2 aromatic rings. The van der Waals surface area contributed by atoms with Crippen LogP contribution in [0.2, 0.25) is 0 Å². The number of amides is 2. The molecule has 0 spiro atoms. The molecular formula is C17H15N6NaO6S3. The molecule has 33 heavy (non-hydrogen) atoms. The Morgan fingerprint density at radius 2 is 2.18 bits per heavy atom. The minimum absolute atomic E-state index is 0. The average Bonchev–Trinajstić information content (AvgIpc) is 3.41. The molecule has 16 heteroatoms. The molecule has 4 heterocycles. The van der Waals surface area contributed by atoms with E-state index in [1.807, 2.05) is 0 Å². The van der Waals surface area contributed by atoms with E-state index in [1.165, 1.54) is 34.3 Å². The Labute approximate surface area is 221 Å². The van der Waals surface area contributed by atoms with E-state index in [1.54, 1.807) is 18.5 Å². The number of rotatable bonds is 8. The Morgan fingerprint density at radius 3 is 2.76 bits per heavy atom. The van der Waals surface area contributed by atoms with Gasteiger partial charge < -0.3 is 20.3 Å². The summed E-state index contributed by atoms with van der Waals surface area (Å²) in [6.07, 6.45) is 0. The molecule has 1 saturated heterocycles. The summed E-state index contributed by atoms with van der Waals surface area (Å²) in [5.41, 5.74) is 0.387. The third kappa shape index (κ3) is 4.97. The zero-order valence-corrected chi connectivity index (χ0v) is 21.8. The van der Waals surface area contributed by atoms with Crippen molar-refractivity contribution < 1.29 is 58.9 Å². The van der Waals surface area contributed by atoms with Gasteiger partial charge in [0.05, 0.1) is 5.97 Å². The van der Waals surface area contributed by atoms with Gasteiger partial charge >= 0.3 is 35.5 Å². The molecule has 168 valence electrons. The first kappa shape index (κ1) is 25.7. The molecule has 0 saturated carbocycles. The van der Waals surface area contributed by atoms with Gasteiger partial charge in [0.2, 0.25) is 11.1 Å². The summed E-state index contributed by atoms with van der Waals surface area (Å²) in [6, 6.07) is 2.08. The molecular weight excluding hydrogens is 503 g/mol. The number of tetrazole rings is 1. The molecule has 2 aliphatic heterocycles. The monoisotopic (exact) mass is 518 g/mol. The molecule has 0 aromatic carbocycles. The second kappa shape index (κ2) is 10.6. The molecule has 1 fully saturated rings. The molecule has 0 bridgehead atoms. The first-order valence-corrected chi connectivity index (χ1v) is 12.0. The molecule has 2 N–H and O–H groups in total. The Balaban J connectivity index is 0.00000306. The Morgan fingerprint density at radius 1 is 1.42 bits per heavy atom. The molecule has 2 aromatic heterocycles. The largest absolute Gasteiger partial charge is 1.00 e. The van der Waals surface area contributed by atoms with E-state index in [0.29, 0.717) is 16.5 Å². The van der Waals surface area contributed by atoms with Crippen LogP contribution in [0.25, 0.3) is 0 Å². The number of thioether (sulfide) groups is 2. The summed E-state index contributed by atoms with van der Waals surface area (Å²) >= 11 is 3.62. The fourth-order valence-corrected chi connectivity index (χ4v) is 6.48. The average molecular weight is 519 g/mol. The SMILES string of the molecule is Cn1nnnc1SCC1=C(C(=O)O)N2C(=O)C(NC(=O)C(C(=O)[O-])c3cccs3)C2SC1.[Na+]. The van der Waals surface area contributed by atoms with Crippen LogP contribution in [0.1, 0.15) is 10.8 Å². The summed E-state index contributed by atoms with van der Waals surface area (Å²) in [5.74, 6) is -5.29. The van der Waals surface area contributed by atoms with Crippen molar-refractivity contribution in [3.8, 4) is 0 Å². The van der Waals surface area contributed by atoms with Crippen molar-refractivity contribution in [2.24, 2.45) is 7.05 Å². The molecule has 4 rings (SSSR count). The van der Waals surface area contributed by atoms with E-state index in [-0.39, 0.29) is 45.9 Å². The molecule has 12 nitrogen and oxygen atoms in total. The first-order valence-electron chi connectivity index (χ1n) is 9.09. The maximum absolute atomic E-state index is 12.8. The van der Waals surface area contributed by atoms with Crippen LogP contribution in [0, 0.1) is 0 Å². The summed E-state index contributed by atoms with van der Waals surface area (Å²) in [4.78, 5) is 50.2. The van der Waals surface area contributed by atoms with Crippen molar-refractivity contribution in [3.05, 3.63) is 33.7 Å². The van der Waals surface area contributed by atoms with Crippen LogP contribution >= 0.6 is 34.9 Å². The first-order chi connectivity index (χ1) is 15.3. The fraction of sp³-hybridized carbons (Fsp3) is 0.353. The number of nitrogens with one attached hydrogen (secondary N) is 1. The van der Waals surface area contributed by atoms with Gasteiger partial charge in [-0.2, -0.15) is 0 Å². The second-order valence-corrected chi connectivity index (χ2v) is 9.82. The van der Waals surface area contributed by atoms with Crippen LogP contribution in [0.15, 0.2) is 33.9 Å². The molecule has 2 amide bonds. The maximum Gasteiger partial charge on any atom is 1.00 e. The Bertz CT molecular complexity index is 1120. The van der Waals surface area contributed by atoms with E-state index in [2.05, 4.69) is 20.8 Å². The van der Waals surface area contributed by atoms with Crippen LogP contribution < -0.4 is 40.0 Å². The second-order valence-electron chi connectivity index (χ2n) is 6.79. The van der Waals surface area contributed by atoms with E-state index in [9.17, 15) is 29.4 Å². The van der Waals surface area contributed by atoms with Gasteiger partial charge in [0, 0.05) is 23.4 Å². The Kier molecular flexibility index (Phi) is 8.23. The van der Waals surface area contributed by atoms with Gasteiger partial charge in [-0.05, 0) is 27.4 Å². The van der Waals surface area contributed by atoms with Crippen LogP contribution in [0.5, 0.6) is 0 Å². The standard InChI is InChI=1S/C17H16N6O6S3.Na/c1-22-17(19-20-21-22)32-6-7-5-31-14-10(13(25)23(14)11(7)16(28)29)18-12(24)9(15(26)27)8-3-2-4-30-8;/h2-4,9-10,14H,5-6H2,1H3,(H,18,24)(H,26,27)(H,28,29);/q;+1/p-1. The van der Waals surface area contributed by atoms with E-state index in [0.717, 1.165) is 16.2 Å². The number of nitrogens with zero attached hydrogens (tertiary/aromatic N) is 5. The number of carboxylic acid groups (broad SMARTS) is 2. The molecule has 3 unspecified atom stereocenters. The van der Waals surface area contributed by atoms with Crippen molar-refractivity contribution in [2.75, 3.05) is 11.5 Å². The number of aliphatic carboxylic acids is 2. The van der Waals surface area contributed by atoms with E-state index < -0.39 is 41.1 Å². The molecule has 0 aliphatic carbocycles. The summed E-state index contributed by atoms with van der Waals surface area (Å²) in [5, 5.41) is 36.2. The zero-order valence-electron chi connectivity index (χ0n) is 17.3.